The van der Waals surface area contributed by atoms with Gasteiger partial charge in [-0.2, -0.15) is 0 Å². The third kappa shape index (κ3) is 3.19. The van der Waals surface area contributed by atoms with Gasteiger partial charge in [0, 0.05) is 11.6 Å². The summed E-state index contributed by atoms with van der Waals surface area (Å²) >= 11 is 6.31. The lowest BCUT2D eigenvalue weighted by Crippen LogP contribution is -2.21. The minimum Gasteiger partial charge on any atom is -0.351 e. The van der Waals surface area contributed by atoms with Crippen LogP contribution in [0, 0.1) is 0 Å². The first-order valence-electron chi connectivity index (χ1n) is 7.65. The molecule has 1 fully saturated rings. The third-order valence-electron chi connectivity index (χ3n) is 4.32. The number of hydrogen-bond acceptors (Lipinski definition) is 3. The minimum absolute atomic E-state index is 0.528. The average molecular weight is 280 g/mol. The number of aromatic nitrogens is 2. The molecule has 3 nitrogen and oxygen atoms in total. The summed E-state index contributed by atoms with van der Waals surface area (Å²) in [7, 11) is 0. The lowest BCUT2D eigenvalue weighted by Gasteiger charge is -2.20. The Kier molecular flexibility index (Phi) is 4.21. The molecule has 1 N–H and O–H groups in total. The Morgan fingerprint density at radius 3 is 2.42 bits per heavy atom. The number of nitrogens with one attached hydrogen (secondary N) is 1. The SMILES string of the molecule is Clc1nc(NC2CCCCCC2)nc2c1CCCC2. The van der Waals surface area contributed by atoms with Gasteiger partial charge in [-0.25, -0.2) is 9.97 Å². The summed E-state index contributed by atoms with van der Waals surface area (Å²) in [5.41, 5.74) is 2.35. The minimum atomic E-state index is 0.528. The molecule has 1 heterocycles. The van der Waals surface area contributed by atoms with Gasteiger partial charge in [0.1, 0.15) is 5.15 Å². The standard InChI is InChI=1S/C15H22ClN3/c16-14-12-9-5-6-10-13(12)18-15(19-14)17-11-7-3-1-2-4-8-11/h11H,1-10H2,(H,17,18,19). The zero-order valence-electron chi connectivity index (χ0n) is 11.4. The maximum absolute atomic E-state index is 6.31. The number of anilines is 1. The normalized spacial score (nSPS) is 20.7. The molecule has 0 radical (unpaired) electrons. The van der Waals surface area contributed by atoms with E-state index in [1.165, 1.54) is 62.6 Å². The van der Waals surface area contributed by atoms with Gasteiger partial charge < -0.3 is 5.32 Å². The second kappa shape index (κ2) is 6.08. The van der Waals surface area contributed by atoms with Crippen LogP contribution in [0.2, 0.25) is 5.15 Å². The largest absolute Gasteiger partial charge is 0.351 e. The predicted molar refractivity (Wildman–Crippen MR) is 78.8 cm³/mol. The van der Waals surface area contributed by atoms with Crippen LogP contribution in [0.3, 0.4) is 0 Å². The van der Waals surface area contributed by atoms with Gasteiger partial charge in [-0.1, -0.05) is 37.3 Å². The highest BCUT2D eigenvalue weighted by Crippen LogP contribution is 2.27. The van der Waals surface area contributed by atoms with Crippen molar-refractivity contribution in [2.45, 2.75) is 70.3 Å². The second-order valence-electron chi connectivity index (χ2n) is 5.80. The summed E-state index contributed by atoms with van der Waals surface area (Å²) in [6.07, 6.45) is 12.4. The van der Waals surface area contributed by atoms with E-state index in [0.29, 0.717) is 11.2 Å². The van der Waals surface area contributed by atoms with Gasteiger partial charge in [-0.3, -0.25) is 0 Å². The Morgan fingerprint density at radius 1 is 0.895 bits per heavy atom. The Bertz CT molecular complexity index is 439. The van der Waals surface area contributed by atoms with E-state index >= 15 is 0 Å². The molecule has 2 aliphatic rings. The molecule has 3 rings (SSSR count). The molecule has 19 heavy (non-hydrogen) atoms. The maximum Gasteiger partial charge on any atom is 0.224 e. The smallest absolute Gasteiger partial charge is 0.224 e. The van der Waals surface area contributed by atoms with Gasteiger partial charge in [0.25, 0.3) is 0 Å². The molecule has 0 atom stereocenters. The van der Waals surface area contributed by atoms with Gasteiger partial charge >= 0.3 is 0 Å². The quantitative estimate of drug-likeness (QED) is 0.653. The first kappa shape index (κ1) is 13.2. The van der Waals surface area contributed by atoms with Crippen LogP contribution in [-0.2, 0) is 12.8 Å². The first-order valence-corrected chi connectivity index (χ1v) is 8.02. The number of rotatable bonds is 2. The molecule has 2 aliphatic carbocycles. The van der Waals surface area contributed by atoms with E-state index in [2.05, 4.69) is 10.3 Å². The number of hydrogen-bond donors (Lipinski definition) is 1. The summed E-state index contributed by atoms with van der Waals surface area (Å²) < 4.78 is 0. The molecule has 1 aromatic heterocycles. The van der Waals surface area contributed by atoms with Gasteiger partial charge in [0.15, 0.2) is 0 Å². The van der Waals surface area contributed by atoms with Gasteiger partial charge in [0.05, 0.1) is 5.69 Å². The molecule has 1 aromatic rings. The van der Waals surface area contributed by atoms with E-state index in [-0.39, 0.29) is 0 Å². The number of aryl methyl sites for hydroxylation is 1. The fraction of sp³-hybridized carbons (Fsp3) is 0.733. The number of nitrogens with zero attached hydrogens (tertiary/aromatic N) is 2. The van der Waals surface area contributed by atoms with Crippen LogP contribution < -0.4 is 5.32 Å². The molecule has 0 aliphatic heterocycles. The third-order valence-corrected chi connectivity index (χ3v) is 4.63. The molecular weight excluding hydrogens is 258 g/mol. The van der Waals surface area contributed by atoms with Crippen molar-refractivity contribution in [1.82, 2.24) is 9.97 Å². The highest BCUT2D eigenvalue weighted by molar-refractivity contribution is 6.30. The topological polar surface area (TPSA) is 37.8 Å². The van der Waals surface area contributed by atoms with E-state index in [4.69, 9.17) is 16.6 Å². The monoisotopic (exact) mass is 279 g/mol. The highest BCUT2D eigenvalue weighted by Gasteiger charge is 2.18. The van der Waals surface area contributed by atoms with Crippen molar-refractivity contribution >= 4 is 17.5 Å². The Labute approximate surface area is 120 Å². The zero-order valence-corrected chi connectivity index (χ0v) is 12.2. The summed E-state index contributed by atoms with van der Waals surface area (Å²) in [5.74, 6) is 0.748. The molecule has 0 saturated heterocycles. The molecule has 0 aromatic carbocycles. The van der Waals surface area contributed by atoms with E-state index in [9.17, 15) is 0 Å². The first-order chi connectivity index (χ1) is 9.33. The predicted octanol–water partition coefficient (Wildman–Crippen LogP) is 4.14. The summed E-state index contributed by atoms with van der Waals surface area (Å²) in [4.78, 5) is 9.15. The number of halogens is 1. The summed E-state index contributed by atoms with van der Waals surface area (Å²) in [5, 5.41) is 4.17. The molecule has 0 spiro atoms. The average Bonchev–Trinajstić information content (AvgIpc) is 2.67. The van der Waals surface area contributed by atoms with Crippen LogP contribution in [0.4, 0.5) is 5.95 Å². The van der Waals surface area contributed by atoms with E-state index in [0.717, 1.165) is 18.8 Å². The molecule has 0 unspecified atom stereocenters. The zero-order chi connectivity index (χ0) is 13.1. The van der Waals surface area contributed by atoms with Crippen LogP contribution in [-0.4, -0.2) is 16.0 Å². The van der Waals surface area contributed by atoms with Crippen LogP contribution in [0.5, 0.6) is 0 Å². The van der Waals surface area contributed by atoms with Gasteiger partial charge in [0.2, 0.25) is 5.95 Å². The lowest BCUT2D eigenvalue weighted by molar-refractivity contribution is 0.610. The molecule has 1 saturated carbocycles. The molecular formula is C15H22ClN3. The van der Waals surface area contributed by atoms with Gasteiger partial charge in [-0.05, 0) is 38.5 Å². The van der Waals surface area contributed by atoms with Crippen molar-refractivity contribution in [2.24, 2.45) is 0 Å². The highest BCUT2D eigenvalue weighted by atomic mass is 35.5. The Hall–Kier alpha value is -0.830. The van der Waals surface area contributed by atoms with E-state index in [1.807, 2.05) is 0 Å². The molecule has 4 heteroatoms. The van der Waals surface area contributed by atoms with Crippen molar-refractivity contribution in [2.75, 3.05) is 5.32 Å². The van der Waals surface area contributed by atoms with Crippen molar-refractivity contribution in [1.29, 1.82) is 0 Å². The van der Waals surface area contributed by atoms with Crippen molar-refractivity contribution in [3.63, 3.8) is 0 Å². The summed E-state index contributed by atoms with van der Waals surface area (Å²) in [6.45, 7) is 0. The van der Waals surface area contributed by atoms with Crippen LogP contribution >= 0.6 is 11.6 Å². The van der Waals surface area contributed by atoms with Crippen molar-refractivity contribution < 1.29 is 0 Å². The lowest BCUT2D eigenvalue weighted by atomic mass is 9.97. The van der Waals surface area contributed by atoms with Gasteiger partial charge in [-0.15, -0.1) is 0 Å². The summed E-state index contributed by atoms with van der Waals surface area (Å²) in [6, 6.07) is 0.528. The molecule has 0 bridgehead atoms. The fourth-order valence-corrected chi connectivity index (χ4v) is 3.50. The van der Waals surface area contributed by atoms with Crippen LogP contribution in [0.1, 0.15) is 62.6 Å². The van der Waals surface area contributed by atoms with Crippen molar-refractivity contribution in [3.05, 3.63) is 16.4 Å². The maximum atomic E-state index is 6.31. The fourth-order valence-electron chi connectivity index (χ4n) is 3.22. The van der Waals surface area contributed by atoms with E-state index < -0.39 is 0 Å². The number of fused-ring (bicyclic) bond motifs is 1. The molecule has 104 valence electrons. The van der Waals surface area contributed by atoms with Crippen LogP contribution in [0.25, 0.3) is 0 Å². The van der Waals surface area contributed by atoms with Crippen LogP contribution in [0.15, 0.2) is 0 Å². The Balaban J connectivity index is 1.75. The Morgan fingerprint density at radius 2 is 1.63 bits per heavy atom. The second-order valence-corrected chi connectivity index (χ2v) is 6.16. The van der Waals surface area contributed by atoms with Crippen molar-refractivity contribution in [3.8, 4) is 0 Å². The molecule has 0 amide bonds. The van der Waals surface area contributed by atoms with E-state index in [1.54, 1.807) is 0 Å².